The van der Waals surface area contributed by atoms with E-state index < -0.39 is 17.5 Å². The van der Waals surface area contributed by atoms with E-state index in [-0.39, 0.29) is 11.4 Å². The van der Waals surface area contributed by atoms with Gasteiger partial charge in [-0.25, -0.2) is 18.3 Å². The molecule has 1 N–H and O–H groups in total. The summed E-state index contributed by atoms with van der Waals surface area (Å²) in [4.78, 5) is 16.2. The molecule has 0 aliphatic carbocycles. The predicted molar refractivity (Wildman–Crippen MR) is 72.0 cm³/mol. The lowest BCUT2D eigenvalue weighted by Gasteiger charge is -2.06. The van der Waals surface area contributed by atoms with Crippen molar-refractivity contribution in [2.75, 3.05) is 5.32 Å². The average molecular weight is 288 g/mol. The molecule has 3 rings (SSSR count). The Bertz CT molecular complexity index is 844. The zero-order valence-corrected chi connectivity index (χ0v) is 11.0. The minimum Gasteiger partial charge on any atom is -0.318 e. The Labute approximate surface area is 118 Å². The van der Waals surface area contributed by atoms with Crippen molar-refractivity contribution >= 4 is 17.2 Å². The molecule has 2 aromatic heterocycles. The lowest BCUT2D eigenvalue weighted by Crippen LogP contribution is -2.16. The summed E-state index contributed by atoms with van der Waals surface area (Å²) in [6, 6.07) is 6.65. The maximum atomic E-state index is 13.5. The molecule has 0 aliphatic rings. The number of anilines is 1. The van der Waals surface area contributed by atoms with E-state index in [4.69, 9.17) is 0 Å². The number of nitrogens with zero attached hydrogens (tertiary/aromatic N) is 3. The van der Waals surface area contributed by atoms with Crippen LogP contribution in [0, 0.1) is 18.6 Å². The maximum absolute atomic E-state index is 13.5. The van der Waals surface area contributed by atoms with Gasteiger partial charge in [-0.1, -0.05) is 6.07 Å². The molecule has 0 unspecified atom stereocenters. The number of halogens is 2. The van der Waals surface area contributed by atoms with Crippen molar-refractivity contribution in [3.63, 3.8) is 0 Å². The molecule has 1 aromatic carbocycles. The molecule has 0 bridgehead atoms. The molecule has 0 aliphatic heterocycles. The SMILES string of the molecule is Cc1cn2nc(C(=O)Nc3cccc(F)c3F)ccc2n1. The van der Waals surface area contributed by atoms with Crippen LogP contribution in [0.5, 0.6) is 0 Å². The van der Waals surface area contributed by atoms with Gasteiger partial charge in [-0.05, 0) is 31.2 Å². The number of hydrogen-bond donors (Lipinski definition) is 1. The highest BCUT2D eigenvalue weighted by atomic mass is 19.2. The first-order valence-corrected chi connectivity index (χ1v) is 6.13. The van der Waals surface area contributed by atoms with Crippen LogP contribution in [0.25, 0.3) is 5.65 Å². The van der Waals surface area contributed by atoms with Crippen LogP contribution in [-0.2, 0) is 0 Å². The molecule has 0 spiro atoms. The minimum atomic E-state index is -1.11. The standard InChI is InChI=1S/C14H10F2N4O/c1-8-7-20-12(17-8)6-5-11(19-20)14(21)18-10-4-2-3-9(15)13(10)16/h2-7H,1H3,(H,18,21). The molecular weight excluding hydrogens is 278 g/mol. The van der Waals surface area contributed by atoms with Crippen LogP contribution in [0.3, 0.4) is 0 Å². The number of hydrogen-bond acceptors (Lipinski definition) is 3. The van der Waals surface area contributed by atoms with Gasteiger partial charge in [0, 0.05) is 0 Å². The summed E-state index contributed by atoms with van der Waals surface area (Å²) in [7, 11) is 0. The van der Waals surface area contributed by atoms with Gasteiger partial charge in [0.1, 0.15) is 5.69 Å². The maximum Gasteiger partial charge on any atom is 0.276 e. The molecule has 0 fully saturated rings. The molecule has 7 heteroatoms. The molecule has 5 nitrogen and oxygen atoms in total. The molecule has 0 saturated carbocycles. The fourth-order valence-corrected chi connectivity index (χ4v) is 1.91. The second-order valence-electron chi connectivity index (χ2n) is 4.46. The number of carbonyl (C=O) groups excluding carboxylic acids is 1. The van der Waals surface area contributed by atoms with Gasteiger partial charge in [-0.15, -0.1) is 0 Å². The summed E-state index contributed by atoms with van der Waals surface area (Å²) in [6.45, 7) is 1.80. The number of benzene rings is 1. The predicted octanol–water partition coefficient (Wildman–Crippen LogP) is 2.57. The summed E-state index contributed by atoms with van der Waals surface area (Å²) in [6.07, 6.45) is 1.66. The number of rotatable bonds is 2. The van der Waals surface area contributed by atoms with Crippen molar-refractivity contribution in [1.29, 1.82) is 0 Å². The van der Waals surface area contributed by atoms with Crippen molar-refractivity contribution < 1.29 is 13.6 Å². The average Bonchev–Trinajstić information content (AvgIpc) is 2.82. The Morgan fingerprint density at radius 2 is 2.05 bits per heavy atom. The third-order valence-corrected chi connectivity index (χ3v) is 2.87. The van der Waals surface area contributed by atoms with Gasteiger partial charge in [-0.2, -0.15) is 5.10 Å². The zero-order chi connectivity index (χ0) is 15.0. The van der Waals surface area contributed by atoms with Gasteiger partial charge in [0.25, 0.3) is 5.91 Å². The van der Waals surface area contributed by atoms with Gasteiger partial charge >= 0.3 is 0 Å². The van der Waals surface area contributed by atoms with Crippen LogP contribution in [0.4, 0.5) is 14.5 Å². The first kappa shape index (κ1) is 13.2. The van der Waals surface area contributed by atoms with Crippen molar-refractivity contribution in [3.05, 3.63) is 59.6 Å². The van der Waals surface area contributed by atoms with E-state index in [1.165, 1.54) is 22.7 Å². The molecule has 3 aromatic rings. The summed E-state index contributed by atoms with van der Waals surface area (Å²) in [5.74, 6) is -2.76. The third kappa shape index (κ3) is 2.45. The highest BCUT2D eigenvalue weighted by Crippen LogP contribution is 2.17. The van der Waals surface area contributed by atoms with E-state index in [0.29, 0.717) is 5.65 Å². The molecule has 2 heterocycles. The lowest BCUT2D eigenvalue weighted by molar-refractivity contribution is 0.102. The second-order valence-corrected chi connectivity index (χ2v) is 4.46. The number of nitrogens with one attached hydrogen (secondary N) is 1. The number of amides is 1. The topological polar surface area (TPSA) is 59.3 Å². The van der Waals surface area contributed by atoms with Gasteiger partial charge in [-0.3, -0.25) is 4.79 Å². The van der Waals surface area contributed by atoms with Crippen LogP contribution in [0.15, 0.2) is 36.5 Å². The number of fused-ring (bicyclic) bond motifs is 1. The second kappa shape index (κ2) is 4.93. The van der Waals surface area contributed by atoms with E-state index in [0.717, 1.165) is 11.8 Å². The summed E-state index contributed by atoms with van der Waals surface area (Å²) < 4.78 is 28.0. The minimum absolute atomic E-state index is 0.0727. The van der Waals surface area contributed by atoms with Crippen molar-refractivity contribution in [2.45, 2.75) is 6.92 Å². The largest absolute Gasteiger partial charge is 0.318 e. The number of carbonyl (C=O) groups is 1. The van der Waals surface area contributed by atoms with Gasteiger partial charge in [0.2, 0.25) is 0 Å². The van der Waals surface area contributed by atoms with Crippen LogP contribution in [0.1, 0.15) is 16.2 Å². The number of aromatic nitrogens is 3. The molecule has 0 atom stereocenters. The lowest BCUT2D eigenvalue weighted by atomic mass is 10.2. The molecule has 0 radical (unpaired) electrons. The molecule has 21 heavy (non-hydrogen) atoms. The number of imidazole rings is 1. The molecule has 1 amide bonds. The normalized spacial score (nSPS) is 10.8. The van der Waals surface area contributed by atoms with Crippen LogP contribution >= 0.6 is 0 Å². The van der Waals surface area contributed by atoms with Crippen LogP contribution < -0.4 is 5.32 Å². The Morgan fingerprint density at radius 1 is 1.24 bits per heavy atom. The van der Waals surface area contributed by atoms with E-state index in [1.807, 2.05) is 0 Å². The third-order valence-electron chi connectivity index (χ3n) is 2.87. The number of aryl methyl sites for hydroxylation is 1. The van der Waals surface area contributed by atoms with Gasteiger partial charge in [0.05, 0.1) is 17.6 Å². The van der Waals surface area contributed by atoms with Crippen LogP contribution in [0.2, 0.25) is 0 Å². The quantitative estimate of drug-likeness (QED) is 0.788. The van der Waals surface area contributed by atoms with Crippen LogP contribution in [-0.4, -0.2) is 20.5 Å². The highest BCUT2D eigenvalue weighted by Gasteiger charge is 2.14. The Kier molecular flexibility index (Phi) is 3.09. The van der Waals surface area contributed by atoms with E-state index >= 15 is 0 Å². The monoisotopic (exact) mass is 288 g/mol. The Morgan fingerprint density at radius 3 is 2.86 bits per heavy atom. The summed E-state index contributed by atoms with van der Waals surface area (Å²) >= 11 is 0. The van der Waals surface area contributed by atoms with Gasteiger partial charge in [0.15, 0.2) is 17.3 Å². The Balaban J connectivity index is 1.91. The Hall–Kier alpha value is -2.83. The van der Waals surface area contributed by atoms with Crippen molar-refractivity contribution in [2.24, 2.45) is 0 Å². The fraction of sp³-hybridized carbons (Fsp3) is 0.0714. The fourth-order valence-electron chi connectivity index (χ4n) is 1.91. The summed E-state index contributed by atoms with van der Waals surface area (Å²) in [5.41, 5.74) is 1.20. The van der Waals surface area contributed by atoms with Crippen molar-refractivity contribution in [3.8, 4) is 0 Å². The first-order chi connectivity index (χ1) is 10.0. The molecule has 106 valence electrons. The zero-order valence-electron chi connectivity index (χ0n) is 11.0. The molecular formula is C14H10F2N4O. The van der Waals surface area contributed by atoms with Crippen molar-refractivity contribution in [1.82, 2.24) is 14.6 Å². The smallest absolute Gasteiger partial charge is 0.276 e. The van der Waals surface area contributed by atoms with E-state index in [2.05, 4.69) is 15.4 Å². The summed E-state index contributed by atoms with van der Waals surface area (Å²) in [5, 5.41) is 6.36. The van der Waals surface area contributed by atoms with Gasteiger partial charge < -0.3 is 5.32 Å². The van der Waals surface area contributed by atoms with E-state index in [9.17, 15) is 13.6 Å². The molecule has 0 saturated heterocycles. The first-order valence-electron chi connectivity index (χ1n) is 6.13. The van der Waals surface area contributed by atoms with E-state index in [1.54, 1.807) is 19.2 Å². The highest BCUT2D eigenvalue weighted by molar-refractivity contribution is 6.02.